The van der Waals surface area contributed by atoms with E-state index < -0.39 is 0 Å². The number of hydrogen-bond acceptors (Lipinski definition) is 4. The molecule has 1 aromatic rings. The predicted molar refractivity (Wildman–Crippen MR) is 105 cm³/mol. The summed E-state index contributed by atoms with van der Waals surface area (Å²) in [4.78, 5) is 17.0. The molecule has 0 saturated heterocycles. The van der Waals surface area contributed by atoms with Crippen LogP contribution in [0.15, 0.2) is 24.3 Å². The lowest BCUT2D eigenvalue weighted by atomic mass is 9.86. The minimum absolute atomic E-state index is 0.0541. The highest BCUT2D eigenvalue weighted by Gasteiger charge is 2.26. The number of phenolic OH excluding ortho intramolecular Hbond substituents is 1. The molecule has 0 heterocycles. The highest BCUT2D eigenvalue weighted by molar-refractivity contribution is 5.92. The van der Waals surface area contributed by atoms with Crippen LogP contribution in [-0.2, 0) is 4.79 Å². The van der Waals surface area contributed by atoms with Crippen molar-refractivity contribution in [3.8, 4) is 11.5 Å². The second-order valence-electron chi connectivity index (χ2n) is 7.51. The molecule has 0 bridgehead atoms. The van der Waals surface area contributed by atoms with Gasteiger partial charge in [0.1, 0.15) is 0 Å². The third kappa shape index (κ3) is 5.77. The van der Waals surface area contributed by atoms with E-state index >= 15 is 0 Å². The smallest absolute Gasteiger partial charge is 0.246 e. The Morgan fingerprint density at radius 1 is 1.23 bits per heavy atom. The summed E-state index contributed by atoms with van der Waals surface area (Å²) in [5, 5.41) is 9.69. The Labute approximate surface area is 157 Å². The molecule has 144 valence electrons. The van der Waals surface area contributed by atoms with Crippen LogP contribution >= 0.6 is 0 Å². The van der Waals surface area contributed by atoms with Crippen LogP contribution in [0.2, 0.25) is 0 Å². The standard InChI is InChI=1S/C21H32N2O3/c1-16-5-9-18(10-6-16)23(14-13-22(2)3)21(25)12-8-17-7-11-19(24)20(15-17)26-4/h7-8,11-12,15-16,18,24H,5-6,9-10,13-14H2,1-4H3/t16-,18+. The number of phenols is 1. The first-order chi connectivity index (χ1) is 12.4. The van der Waals surface area contributed by atoms with Gasteiger partial charge in [0.15, 0.2) is 11.5 Å². The first kappa shape index (κ1) is 20.3. The molecular weight excluding hydrogens is 328 g/mol. The minimum atomic E-state index is 0.0541. The summed E-state index contributed by atoms with van der Waals surface area (Å²) in [6.45, 7) is 3.90. The number of benzene rings is 1. The topological polar surface area (TPSA) is 53.0 Å². The molecule has 0 radical (unpaired) electrons. The third-order valence-corrected chi connectivity index (χ3v) is 5.12. The first-order valence-corrected chi connectivity index (χ1v) is 9.41. The van der Waals surface area contributed by atoms with Gasteiger partial charge < -0.3 is 19.6 Å². The minimum Gasteiger partial charge on any atom is -0.504 e. The Morgan fingerprint density at radius 3 is 2.54 bits per heavy atom. The van der Waals surface area contributed by atoms with E-state index in [2.05, 4.69) is 11.8 Å². The highest BCUT2D eigenvalue weighted by Crippen LogP contribution is 2.28. The molecule has 1 N–H and O–H groups in total. The fourth-order valence-corrected chi connectivity index (χ4v) is 3.40. The van der Waals surface area contributed by atoms with E-state index in [0.717, 1.165) is 37.4 Å². The van der Waals surface area contributed by atoms with E-state index in [-0.39, 0.29) is 11.7 Å². The fraction of sp³-hybridized carbons (Fsp3) is 0.571. The van der Waals surface area contributed by atoms with E-state index in [9.17, 15) is 9.90 Å². The average molecular weight is 360 g/mol. The average Bonchev–Trinajstić information content (AvgIpc) is 2.62. The van der Waals surface area contributed by atoms with Gasteiger partial charge in [-0.2, -0.15) is 0 Å². The zero-order valence-electron chi connectivity index (χ0n) is 16.4. The Balaban J connectivity index is 2.09. The second-order valence-corrected chi connectivity index (χ2v) is 7.51. The number of methoxy groups -OCH3 is 1. The zero-order chi connectivity index (χ0) is 19.1. The molecule has 5 nitrogen and oxygen atoms in total. The molecule has 0 atom stereocenters. The van der Waals surface area contributed by atoms with Crippen LogP contribution in [0.25, 0.3) is 6.08 Å². The molecule has 5 heteroatoms. The summed E-state index contributed by atoms with van der Waals surface area (Å²) >= 11 is 0. The number of aromatic hydroxyl groups is 1. The SMILES string of the molecule is COc1cc(C=CC(=O)N(CCN(C)C)[C@H]2CC[C@@H](C)CC2)ccc1O. The molecule has 0 spiro atoms. The molecule has 1 fully saturated rings. The molecular formula is C21H32N2O3. The third-order valence-electron chi connectivity index (χ3n) is 5.12. The van der Waals surface area contributed by atoms with Gasteiger partial charge in [-0.15, -0.1) is 0 Å². The van der Waals surface area contributed by atoms with Crippen LogP contribution in [0.1, 0.15) is 38.2 Å². The quantitative estimate of drug-likeness (QED) is 0.758. The number of carbonyl (C=O) groups excluding carboxylic acids is 1. The van der Waals surface area contributed by atoms with Crippen LogP contribution < -0.4 is 4.74 Å². The predicted octanol–water partition coefficient (Wildman–Crippen LogP) is 3.38. The van der Waals surface area contributed by atoms with Crippen molar-refractivity contribution in [2.24, 2.45) is 5.92 Å². The molecule has 1 amide bonds. The van der Waals surface area contributed by atoms with Crippen molar-refractivity contribution in [1.29, 1.82) is 0 Å². The maximum atomic E-state index is 12.9. The van der Waals surface area contributed by atoms with Crippen molar-refractivity contribution < 1.29 is 14.6 Å². The van der Waals surface area contributed by atoms with Crippen molar-refractivity contribution in [2.45, 2.75) is 38.6 Å². The van der Waals surface area contributed by atoms with Crippen molar-refractivity contribution >= 4 is 12.0 Å². The maximum absolute atomic E-state index is 12.9. The lowest BCUT2D eigenvalue weighted by Crippen LogP contribution is -2.44. The lowest BCUT2D eigenvalue weighted by Gasteiger charge is -2.36. The Kier molecular flexibility index (Phi) is 7.51. The fourth-order valence-electron chi connectivity index (χ4n) is 3.40. The van der Waals surface area contributed by atoms with Gasteiger partial charge in [0, 0.05) is 25.2 Å². The second kappa shape index (κ2) is 9.62. The Bertz CT molecular complexity index is 620. The normalized spacial score (nSPS) is 20.5. The van der Waals surface area contributed by atoms with Crippen LogP contribution in [-0.4, -0.2) is 61.2 Å². The zero-order valence-corrected chi connectivity index (χ0v) is 16.4. The number of amides is 1. The van der Waals surface area contributed by atoms with Gasteiger partial charge in [-0.1, -0.05) is 13.0 Å². The van der Waals surface area contributed by atoms with E-state index in [4.69, 9.17) is 4.74 Å². The van der Waals surface area contributed by atoms with Gasteiger partial charge in [-0.05, 0) is 69.5 Å². The lowest BCUT2D eigenvalue weighted by molar-refractivity contribution is -0.129. The number of hydrogen-bond donors (Lipinski definition) is 1. The summed E-state index contributed by atoms with van der Waals surface area (Å²) < 4.78 is 5.13. The van der Waals surface area contributed by atoms with Gasteiger partial charge in [-0.3, -0.25) is 4.79 Å². The molecule has 0 aromatic heterocycles. The molecule has 1 aromatic carbocycles. The maximum Gasteiger partial charge on any atom is 0.246 e. The van der Waals surface area contributed by atoms with E-state index in [1.165, 1.54) is 20.0 Å². The monoisotopic (exact) mass is 360 g/mol. The Hall–Kier alpha value is -2.01. The van der Waals surface area contributed by atoms with Crippen molar-refractivity contribution in [3.05, 3.63) is 29.8 Å². The molecule has 1 aliphatic carbocycles. The number of ether oxygens (including phenoxy) is 1. The molecule has 0 unspecified atom stereocenters. The molecule has 1 saturated carbocycles. The van der Waals surface area contributed by atoms with Crippen LogP contribution in [0.3, 0.4) is 0 Å². The van der Waals surface area contributed by atoms with Gasteiger partial charge in [0.2, 0.25) is 5.91 Å². The van der Waals surface area contributed by atoms with Crippen molar-refractivity contribution in [1.82, 2.24) is 9.80 Å². The van der Waals surface area contributed by atoms with Gasteiger partial charge >= 0.3 is 0 Å². The van der Waals surface area contributed by atoms with E-state index in [0.29, 0.717) is 11.8 Å². The van der Waals surface area contributed by atoms with Gasteiger partial charge in [-0.25, -0.2) is 0 Å². The van der Waals surface area contributed by atoms with Gasteiger partial charge in [0.05, 0.1) is 7.11 Å². The number of carbonyl (C=O) groups is 1. The number of nitrogens with zero attached hydrogens (tertiary/aromatic N) is 2. The highest BCUT2D eigenvalue weighted by atomic mass is 16.5. The van der Waals surface area contributed by atoms with E-state index in [1.807, 2.05) is 19.0 Å². The summed E-state index contributed by atoms with van der Waals surface area (Å²) in [6.07, 6.45) is 7.98. The first-order valence-electron chi connectivity index (χ1n) is 9.41. The molecule has 1 aliphatic rings. The summed E-state index contributed by atoms with van der Waals surface area (Å²) in [7, 11) is 5.58. The summed E-state index contributed by atoms with van der Waals surface area (Å²) in [5.41, 5.74) is 0.831. The van der Waals surface area contributed by atoms with Crippen molar-refractivity contribution in [2.75, 3.05) is 34.3 Å². The number of rotatable bonds is 7. The molecule has 2 rings (SSSR count). The van der Waals surface area contributed by atoms with E-state index in [1.54, 1.807) is 30.4 Å². The summed E-state index contributed by atoms with van der Waals surface area (Å²) in [6, 6.07) is 5.41. The Morgan fingerprint density at radius 2 is 1.92 bits per heavy atom. The largest absolute Gasteiger partial charge is 0.504 e. The number of likely N-dealkylation sites (N-methyl/N-ethyl adjacent to an activating group) is 1. The molecule has 26 heavy (non-hydrogen) atoms. The van der Waals surface area contributed by atoms with Crippen LogP contribution in [0, 0.1) is 5.92 Å². The van der Waals surface area contributed by atoms with Crippen molar-refractivity contribution in [3.63, 3.8) is 0 Å². The molecule has 0 aliphatic heterocycles. The van der Waals surface area contributed by atoms with Gasteiger partial charge in [0.25, 0.3) is 0 Å². The van der Waals surface area contributed by atoms with Crippen LogP contribution in [0.5, 0.6) is 11.5 Å². The summed E-state index contributed by atoms with van der Waals surface area (Å²) in [5.74, 6) is 1.32. The van der Waals surface area contributed by atoms with Crippen LogP contribution in [0.4, 0.5) is 0 Å².